The maximum atomic E-state index is 8.94. The minimum Gasteiger partial charge on any atom is -1.00 e. The number of aryl methyl sites for hydroxylation is 10. The van der Waals surface area contributed by atoms with Crippen molar-refractivity contribution in [2.75, 3.05) is 19.8 Å². The van der Waals surface area contributed by atoms with Gasteiger partial charge in [-0.05, 0) is 53.5 Å². The monoisotopic (exact) mass is 858 g/mol. The number of benzene rings is 2. The van der Waals surface area contributed by atoms with E-state index in [9.17, 15) is 0 Å². The number of aromatic nitrogens is 14. The van der Waals surface area contributed by atoms with Crippen molar-refractivity contribution in [3.63, 3.8) is 0 Å². The maximum Gasteiger partial charge on any atom is 1.00 e. The number of rotatable bonds is 13. The van der Waals surface area contributed by atoms with Crippen LogP contribution in [0.4, 0.5) is 0 Å². The number of fused-ring (bicyclic) bond motifs is 2. The summed E-state index contributed by atoms with van der Waals surface area (Å²) < 4.78 is 12.4. The number of hydrogen-bond acceptors (Lipinski definition) is 13. The molecule has 1 aliphatic heterocycles. The molecule has 17 nitrogen and oxygen atoms in total. The zero-order chi connectivity index (χ0) is 42.6. The van der Waals surface area contributed by atoms with Gasteiger partial charge in [-0.15, -0.1) is 0 Å². The Morgan fingerprint density at radius 3 is 1.51 bits per heavy atom. The predicted molar refractivity (Wildman–Crippen MR) is 241 cm³/mol. The third-order valence-corrected chi connectivity index (χ3v) is 10.0. The van der Waals surface area contributed by atoms with Crippen LogP contribution in [0.1, 0.15) is 73.2 Å². The number of hydrogen-bond donors (Lipinski definition) is 1. The molecule has 0 aliphatic carbocycles. The fourth-order valence-corrected chi connectivity index (χ4v) is 6.74. The molecule has 0 bridgehead atoms. The summed E-state index contributed by atoms with van der Waals surface area (Å²) in [6, 6.07) is 22.1. The van der Waals surface area contributed by atoms with Crippen molar-refractivity contribution < 1.29 is 25.0 Å². The first kappa shape index (κ1) is 48.4. The van der Waals surface area contributed by atoms with E-state index in [1.165, 1.54) is 12.8 Å². The van der Waals surface area contributed by atoms with Gasteiger partial charge in [-0.25, -0.2) is 38.3 Å². The molecule has 0 unspecified atom stereocenters. The number of nitrogens with zero attached hydrogens (tertiary/aromatic N) is 15. The number of nitrogens with two attached hydrogens (primary N) is 1. The van der Waals surface area contributed by atoms with Crippen molar-refractivity contribution in [1.29, 1.82) is 5.26 Å². The molecule has 6 aromatic heterocycles. The van der Waals surface area contributed by atoms with Crippen LogP contribution in [-0.4, -0.2) is 106 Å². The Morgan fingerprint density at radius 2 is 1.11 bits per heavy atom. The van der Waals surface area contributed by atoms with Gasteiger partial charge >= 0.3 is 18.9 Å². The second kappa shape index (κ2) is 23.7. The van der Waals surface area contributed by atoms with Gasteiger partial charge in [-0.1, -0.05) is 60.7 Å². The molecule has 2 N–H and O–H groups in total. The van der Waals surface area contributed by atoms with Crippen LogP contribution in [0.2, 0.25) is 0 Å². The molecule has 0 atom stereocenters. The minimum atomic E-state index is 0. The second-order valence-corrected chi connectivity index (χ2v) is 14.7. The van der Waals surface area contributed by atoms with Crippen LogP contribution in [0.25, 0.3) is 34.1 Å². The van der Waals surface area contributed by atoms with Gasteiger partial charge in [-0.2, -0.15) is 25.7 Å². The third-order valence-electron chi connectivity index (χ3n) is 10.0. The molecule has 2 aromatic carbocycles. The number of nitriles is 1. The third kappa shape index (κ3) is 12.5. The maximum absolute atomic E-state index is 8.94. The summed E-state index contributed by atoms with van der Waals surface area (Å²) in [5, 5.41) is 27.5. The van der Waals surface area contributed by atoms with E-state index in [0.29, 0.717) is 51.0 Å². The average molecular weight is 859 g/mol. The molecule has 1 saturated heterocycles. The van der Waals surface area contributed by atoms with Crippen LogP contribution in [-0.2, 0) is 43.5 Å². The van der Waals surface area contributed by atoms with E-state index in [4.69, 9.17) is 30.8 Å². The molecule has 1 fully saturated rings. The Labute approximate surface area is 391 Å². The van der Waals surface area contributed by atoms with E-state index in [0.717, 1.165) is 100 Å². The van der Waals surface area contributed by atoms with Gasteiger partial charge in [0, 0.05) is 69.0 Å². The molecule has 9 rings (SSSR count). The van der Waals surface area contributed by atoms with Crippen molar-refractivity contribution in [3.05, 3.63) is 119 Å². The smallest absolute Gasteiger partial charge is 1.00 e. The Bertz CT molecular complexity index is 2620. The summed E-state index contributed by atoms with van der Waals surface area (Å²) >= 11 is 0. The van der Waals surface area contributed by atoms with E-state index in [1.54, 1.807) is 6.20 Å². The minimum absolute atomic E-state index is 0. The summed E-state index contributed by atoms with van der Waals surface area (Å²) in [5.41, 5.74) is 12.9. The fourth-order valence-electron chi connectivity index (χ4n) is 6.74. The second-order valence-electron chi connectivity index (χ2n) is 14.7. The molecule has 7 heterocycles. The van der Waals surface area contributed by atoms with Crippen LogP contribution in [0.3, 0.4) is 0 Å². The molecule has 0 radical (unpaired) electrons. The molecule has 19 heteroatoms. The number of ether oxygens (including phenoxy) is 1. The van der Waals surface area contributed by atoms with Gasteiger partial charge < -0.3 is 11.9 Å². The van der Waals surface area contributed by atoms with Gasteiger partial charge in [0.05, 0.1) is 41.8 Å². The van der Waals surface area contributed by atoms with Crippen LogP contribution in [0.5, 0.6) is 0 Å². The predicted octanol–water partition coefficient (Wildman–Crippen LogP) is 1.56. The van der Waals surface area contributed by atoms with Crippen LogP contribution < -0.4 is 24.6 Å². The summed E-state index contributed by atoms with van der Waals surface area (Å²) in [5.74, 6) is 4.71. The van der Waals surface area contributed by atoms with Crippen molar-refractivity contribution in [1.82, 2.24) is 68.7 Å². The Hall–Kier alpha value is -5.64. The van der Waals surface area contributed by atoms with Gasteiger partial charge in [0.1, 0.15) is 11.6 Å². The normalized spacial score (nSPS) is 11.9. The molecule has 322 valence electrons. The molecular weight excluding hydrogens is 803 g/mol. The zero-order valence-electron chi connectivity index (χ0n) is 37.3. The van der Waals surface area contributed by atoms with Gasteiger partial charge in [-0.3, -0.25) is 9.97 Å². The van der Waals surface area contributed by atoms with Gasteiger partial charge in [0.15, 0.2) is 52.0 Å². The first-order valence-corrected chi connectivity index (χ1v) is 20.8. The first-order valence-electron chi connectivity index (χ1n) is 20.8. The summed E-state index contributed by atoms with van der Waals surface area (Å²) in [6.45, 7) is 11.7. The van der Waals surface area contributed by atoms with E-state index in [2.05, 4.69) is 41.3 Å². The standard InChI is InChI=1S/C20H24N8.C20H20N8.C4H8O.Al.Li.4H/c2*1-14-13-22-15(2)20-23-17(25-28(14)20)9-10-18-24-19(16-7-4-3-5-8-16)26-27(18)12-6-11-21;1-2-4-5-3-1;;;;;;/h3-5,7-8,13H,6,9-12,21H2,1-2H3;3-5,7-8,13H,6,9-10,12H2,1-2H3;1-4H2;;;;;;/q;;;;+1;;;;-1. The Balaban J connectivity index is 0.000000242. The SMILES string of the molecule is C1CCOC1.Cc1ncc(C)n2nc(CCc3nc(-c4ccccc4)nn3CCC#N)nc12.Cc1ncc(C)n2nc(CCc3nc(-c4ccccc4)nn3CCCN)nc12.[AlH3].[H-].[Li+]. The molecule has 8 aromatic rings. The van der Waals surface area contributed by atoms with Crippen molar-refractivity contribution in [2.24, 2.45) is 5.73 Å². The molecular formula is C44H56AlLiN16O. The molecule has 0 spiro atoms. The van der Waals surface area contributed by atoms with Gasteiger partial charge in [0.25, 0.3) is 0 Å². The first-order chi connectivity index (χ1) is 29.8. The summed E-state index contributed by atoms with van der Waals surface area (Å²) in [4.78, 5) is 27.5. The van der Waals surface area contributed by atoms with Crippen molar-refractivity contribution >= 4 is 28.7 Å². The van der Waals surface area contributed by atoms with Crippen molar-refractivity contribution in [2.45, 2.75) is 92.2 Å². The molecule has 63 heavy (non-hydrogen) atoms. The Morgan fingerprint density at radius 1 is 0.651 bits per heavy atom. The quantitative estimate of drug-likeness (QED) is 0.164. The Kier molecular flexibility index (Phi) is 18.2. The van der Waals surface area contributed by atoms with Crippen LogP contribution in [0.15, 0.2) is 73.1 Å². The van der Waals surface area contributed by atoms with E-state index >= 15 is 0 Å². The van der Waals surface area contributed by atoms with E-state index < -0.39 is 0 Å². The van der Waals surface area contributed by atoms with Crippen LogP contribution >= 0.6 is 0 Å². The summed E-state index contributed by atoms with van der Waals surface area (Å²) in [6.07, 6.45) is 10.1. The zero-order valence-corrected chi connectivity index (χ0v) is 36.3. The van der Waals surface area contributed by atoms with E-state index in [1.807, 2.05) is 113 Å². The van der Waals surface area contributed by atoms with Crippen molar-refractivity contribution in [3.8, 4) is 28.8 Å². The molecule has 0 saturated carbocycles. The molecule has 0 amide bonds. The molecule has 1 aliphatic rings. The largest absolute Gasteiger partial charge is 1.00 e. The van der Waals surface area contributed by atoms with Gasteiger partial charge in [0.2, 0.25) is 0 Å². The fraction of sp³-hybridized carbons (Fsp3) is 0.386. The van der Waals surface area contributed by atoms with E-state index in [-0.39, 0.29) is 37.6 Å². The topological polar surface area (TPSA) is 207 Å². The summed E-state index contributed by atoms with van der Waals surface area (Å²) in [7, 11) is 0. The average Bonchev–Trinajstić information content (AvgIpc) is 4.15. The van der Waals surface area contributed by atoms with Crippen LogP contribution in [0, 0.1) is 39.0 Å².